The van der Waals surface area contributed by atoms with Gasteiger partial charge in [-0.2, -0.15) is 0 Å². The predicted octanol–water partition coefficient (Wildman–Crippen LogP) is 2.57. The van der Waals surface area contributed by atoms with Gasteiger partial charge in [0.1, 0.15) is 12.1 Å². The summed E-state index contributed by atoms with van der Waals surface area (Å²) in [6, 6.07) is 4.88. The molecule has 6 atom stereocenters. The van der Waals surface area contributed by atoms with E-state index in [9.17, 15) is 19.5 Å². The number of rotatable bonds is 6. The maximum absolute atomic E-state index is 14.4. The van der Waals surface area contributed by atoms with Crippen LogP contribution in [0.4, 0.5) is 0 Å². The van der Waals surface area contributed by atoms with E-state index in [0.717, 1.165) is 42.3 Å². The molecule has 3 N–H and O–H groups in total. The Balaban J connectivity index is 1.24. The summed E-state index contributed by atoms with van der Waals surface area (Å²) in [5.41, 5.74) is 2.81. The number of nitrogens with zero attached hydrogens (tertiary/aromatic N) is 3. The van der Waals surface area contributed by atoms with Crippen molar-refractivity contribution >= 4 is 34.2 Å². The molecule has 1 aromatic heterocycles. The SMILES string of the molecule is CCCC[C@H]1C(=O)N2CCC[C@H]2[C@]2(O)O[C@](NC(=O)C3C=C4c5cccc6[nH]cc(c56)C[C@H]4N(C)C3)(C(C)C)C(=O)N12. The van der Waals surface area contributed by atoms with E-state index >= 15 is 0 Å². The Bertz CT molecular complexity index is 1500. The molecule has 1 unspecified atom stereocenters. The third-order valence-corrected chi connectivity index (χ3v) is 10.3. The Morgan fingerprint density at radius 2 is 2.10 bits per heavy atom. The van der Waals surface area contributed by atoms with Crippen molar-refractivity contribution < 1.29 is 24.2 Å². The van der Waals surface area contributed by atoms with Gasteiger partial charge >= 0.3 is 0 Å². The Labute approximate surface area is 246 Å². The summed E-state index contributed by atoms with van der Waals surface area (Å²) in [4.78, 5) is 50.6. The minimum absolute atomic E-state index is 0.140. The standard InChI is InChI=1S/C32H41N5O5/c1-5-6-11-24-29(39)36-13-8-12-26(36)32(41)37(24)30(40)31(42-32,18(2)3)34-28(38)20-14-22-21-9-7-10-23-27(21)19(16-33-23)15-25(22)35(4)17-20/h7,9-10,14,16,18,20,24-26,33,41H,5-6,8,11-13,15,17H2,1-4H3,(H,34,38)/t20?,24-,25+,26-,31+,32-/m0/s1. The number of benzene rings is 1. The van der Waals surface area contributed by atoms with Gasteiger partial charge in [-0.15, -0.1) is 0 Å². The van der Waals surface area contributed by atoms with Crippen LogP contribution in [0, 0.1) is 11.8 Å². The van der Waals surface area contributed by atoms with Gasteiger partial charge < -0.3 is 20.3 Å². The number of hydrogen-bond acceptors (Lipinski definition) is 6. The van der Waals surface area contributed by atoms with E-state index in [-0.39, 0.29) is 17.9 Å². The van der Waals surface area contributed by atoms with Crippen LogP contribution in [0.1, 0.15) is 64.0 Å². The highest BCUT2D eigenvalue weighted by Crippen LogP contribution is 2.48. The van der Waals surface area contributed by atoms with Crippen LogP contribution in [-0.2, 0) is 25.5 Å². The molecule has 0 saturated carbocycles. The zero-order chi connectivity index (χ0) is 29.6. The number of aromatic amines is 1. The molecular formula is C32H41N5O5. The summed E-state index contributed by atoms with van der Waals surface area (Å²) >= 11 is 0. The molecule has 3 saturated heterocycles. The zero-order valence-electron chi connectivity index (χ0n) is 24.9. The number of piperazine rings is 1. The number of ether oxygens (including phenoxy) is 1. The van der Waals surface area contributed by atoms with Crippen LogP contribution < -0.4 is 5.32 Å². The highest BCUT2D eigenvalue weighted by atomic mass is 16.7. The monoisotopic (exact) mass is 575 g/mol. The van der Waals surface area contributed by atoms with Crippen LogP contribution >= 0.6 is 0 Å². The number of aromatic nitrogens is 1. The van der Waals surface area contributed by atoms with Crippen LogP contribution in [0.25, 0.3) is 16.5 Å². The van der Waals surface area contributed by atoms with Crippen LogP contribution in [0.3, 0.4) is 0 Å². The van der Waals surface area contributed by atoms with Crippen molar-refractivity contribution in [1.29, 1.82) is 0 Å². The summed E-state index contributed by atoms with van der Waals surface area (Å²) in [5, 5.41) is 16.3. The number of amides is 3. The normalized spacial score (nSPS) is 34.1. The number of aliphatic hydroxyl groups is 1. The lowest BCUT2D eigenvalue weighted by atomic mass is 9.79. The van der Waals surface area contributed by atoms with Crippen molar-refractivity contribution in [1.82, 2.24) is 25.0 Å². The van der Waals surface area contributed by atoms with Crippen LogP contribution in [0.2, 0.25) is 0 Å². The Morgan fingerprint density at radius 1 is 1.29 bits per heavy atom. The first-order valence-electron chi connectivity index (χ1n) is 15.5. The molecule has 5 aliphatic rings. The van der Waals surface area contributed by atoms with Crippen LogP contribution in [0.15, 0.2) is 30.5 Å². The molecule has 5 heterocycles. The van der Waals surface area contributed by atoms with E-state index in [1.165, 1.54) is 15.8 Å². The molecule has 0 bridgehead atoms. The highest BCUT2D eigenvalue weighted by molar-refractivity contribution is 6.01. The molecule has 10 heteroatoms. The lowest BCUT2D eigenvalue weighted by molar-refractivity contribution is -0.322. The van der Waals surface area contributed by atoms with E-state index in [1.807, 2.05) is 40.0 Å². The van der Waals surface area contributed by atoms with Gasteiger partial charge in [-0.3, -0.25) is 28.9 Å². The number of hydrogen-bond donors (Lipinski definition) is 3. The summed E-state index contributed by atoms with van der Waals surface area (Å²) < 4.78 is 6.43. The second kappa shape index (κ2) is 9.65. The molecule has 4 aliphatic heterocycles. The minimum Gasteiger partial charge on any atom is -0.361 e. The lowest BCUT2D eigenvalue weighted by Crippen LogP contribution is -2.71. The first kappa shape index (κ1) is 27.6. The van der Waals surface area contributed by atoms with E-state index in [0.29, 0.717) is 25.9 Å². The molecular weight excluding hydrogens is 534 g/mol. The van der Waals surface area contributed by atoms with Crippen molar-refractivity contribution in [2.45, 2.75) is 89.1 Å². The number of unbranched alkanes of at least 4 members (excludes halogenated alkanes) is 1. The van der Waals surface area contributed by atoms with Crippen molar-refractivity contribution in [3.63, 3.8) is 0 Å². The number of nitrogens with one attached hydrogen (secondary N) is 2. The smallest absolute Gasteiger partial charge is 0.281 e. The Hall–Kier alpha value is -3.21. The van der Waals surface area contributed by atoms with Crippen LogP contribution in [-0.4, -0.2) is 92.4 Å². The van der Waals surface area contributed by atoms with Crippen molar-refractivity contribution in [3.05, 3.63) is 41.6 Å². The molecule has 3 fully saturated rings. The average Bonchev–Trinajstić information content (AvgIpc) is 3.68. The maximum Gasteiger partial charge on any atom is 0.281 e. The van der Waals surface area contributed by atoms with Gasteiger partial charge in [0.15, 0.2) is 0 Å². The Morgan fingerprint density at radius 3 is 2.86 bits per heavy atom. The Kier molecular flexibility index (Phi) is 6.35. The van der Waals surface area contributed by atoms with E-state index in [1.54, 1.807) is 4.90 Å². The molecule has 7 rings (SSSR count). The average molecular weight is 576 g/mol. The van der Waals surface area contributed by atoms with Crippen molar-refractivity contribution in [2.24, 2.45) is 11.8 Å². The van der Waals surface area contributed by atoms with Gasteiger partial charge in [-0.25, -0.2) is 0 Å². The second-order valence-electron chi connectivity index (χ2n) is 13.1. The molecule has 1 aromatic carbocycles. The molecule has 224 valence electrons. The molecule has 42 heavy (non-hydrogen) atoms. The number of carbonyl (C=O) groups excluding carboxylic acids is 3. The quantitative estimate of drug-likeness (QED) is 0.488. The molecule has 10 nitrogen and oxygen atoms in total. The highest BCUT2D eigenvalue weighted by Gasteiger charge is 2.71. The van der Waals surface area contributed by atoms with Gasteiger partial charge in [0.05, 0.1) is 5.92 Å². The largest absolute Gasteiger partial charge is 0.361 e. The number of fused-ring (bicyclic) bond motifs is 5. The lowest BCUT2D eigenvalue weighted by Gasteiger charge is -2.48. The van der Waals surface area contributed by atoms with E-state index in [2.05, 4.69) is 33.5 Å². The van der Waals surface area contributed by atoms with Gasteiger partial charge in [0.2, 0.25) is 17.5 Å². The van der Waals surface area contributed by atoms with Crippen LogP contribution in [0.5, 0.6) is 0 Å². The fraction of sp³-hybridized carbons (Fsp3) is 0.594. The third kappa shape index (κ3) is 3.70. The summed E-state index contributed by atoms with van der Waals surface area (Å²) in [7, 11) is 2.03. The zero-order valence-corrected chi connectivity index (χ0v) is 24.9. The van der Waals surface area contributed by atoms with E-state index in [4.69, 9.17) is 4.74 Å². The third-order valence-electron chi connectivity index (χ3n) is 10.3. The van der Waals surface area contributed by atoms with E-state index < -0.39 is 41.5 Å². The number of likely N-dealkylation sites (N-methyl/N-ethyl adjacent to an activating group) is 1. The summed E-state index contributed by atoms with van der Waals surface area (Å²) in [6.45, 7) is 6.67. The molecule has 0 spiro atoms. The van der Waals surface area contributed by atoms with Crippen molar-refractivity contribution in [3.8, 4) is 0 Å². The second-order valence-corrected chi connectivity index (χ2v) is 13.1. The molecule has 3 amide bonds. The van der Waals surface area contributed by atoms with Gasteiger partial charge in [0, 0.05) is 42.1 Å². The molecule has 0 radical (unpaired) electrons. The predicted molar refractivity (Wildman–Crippen MR) is 157 cm³/mol. The molecule has 2 aromatic rings. The van der Waals surface area contributed by atoms with Gasteiger partial charge in [-0.05, 0) is 55.5 Å². The number of carbonyl (C=O) groups is 3. The number of H-pyrrole nitrogens is 1. The van der Waals surface area contributed by atoms with Crippen molar-refractivity contribution in [2.75, 3.05) is 20.1 Å². The summed E-state index contributed by atoms with van der Waals surface area (Å²) in [6.07, 6.45) is 8.26. The fourth-order valence-electron chi connectivity index (χ4n) is 8.10. The fourth-order valence-corrected chi connectivity index (χ4v) is 8.10. The minimum atomic E-state index is -1.99. The van der Waals surface area contributed by atoms with Gasteiger partial charge in [0.25, 0.3) is 11.8 Å². The first-order valence-corrected chi connectivity index (χ1v) is 15.5. The topological polar surface area (TPSA) is 118 Å². The van der Waals surface area contributed by atoms with Gasteiger partial charge in [-0.1, -0.05) is 51.8 Å². The maximum atomic E-state index is 14.4. The molecule has 1 aliphatic carbocycles. The first-order chi connectivity index (χ1) is 20.1. The summed E-state index contributed by atoms with van der Waals surface area (Å²) in [5.74, 6) is -4.02.